The molecular weight excluding hydrogens is 290 g/mol. The summed E-state index contributed by atoms with van der Waals surface area (Å²) in [5, 5.41) is 21.2. The number of benzene rings is 1. The highest BCUT2D eigenvalue weighted by molar-refractivity contribution is 7.99. The molecule has 0 saturated carbocycles. The van der Waals surface area contributed by atoms with E-state index in [4.69, 9.17) is 0 Å². The number of aromatic carboxylic acids is 1. The number of aliphatic hydroxyl groups is 1. The minimum Gasteiger partial charge on any atom is -0.478 e. The molecule has 6 heteroatoms. The number of amides is 1. The van der Waals surface area contributed by atoms with Gasteiger partial charge in [0, 0.05) is 11.3 Å². The molecule has 0 aliphatic carbocycles. The maximum absolute atomic E-state index is 12.4. The lowest BCUT2D eigenvalue weighted by atomic mass is 9.96. The summed E-state index contributed by atoms with van der Waals surface area (Å²) in [5.41, 5.74) is 1.39. The first-order chi connectivity index (χ1) is 9.83. The van der Waals surface area contributed by atoms with E-state index >= 15 is 0 Å². The molecular formula is C15H21NO4S. The van der Waals surface area contributed by atoms with Gasteiger partial charge in [-0.25, -0.2) is 4.79 Å². The molecule has 0 radical (unpaired) electrons. The summed E-state index contributed by atoms with van der Waals surface area (Å²) in [6.07, 6.45) is 1.85. The van der Waals surface area contributed by atoms with Gasteiger partial charge in [-0.15, -0.1) is 0 Å². The van der Waals surface area contributed by atoms with Gasteiger partial charge < -0.3 is 15.5 Å². The van der Waals surface area contributed by atoms with Crippen LogP contribution in [0.4, 0.5) is 0 Å². The molecule has 2 unspecified atom stereocenters. The van der Waals surface area contributed by atoms with Crippen LogP contribution in [0.2, 0.25) is 0 Å². The minimum atomic E-state index is -1.11. The summed E-state index contributed by atoms with van der Waals surface area (Å²) in [7, 11) is 0. The fraction of sp³-hybridized carbons (Fsp3) is 0.467. The van der Waals surface area contributed by atoms with E-state index < -0.39 is 11.9 Å². The molecule has 1 rings (SSSR count). The molecule has 3 N–H and O–H groups in total. The summed E-state index contributed by atoms with van der Waals surface area (Å²) in [5.74, 6) is -1.54. The Kier molecular flexibility index (Phi) is 6.23. The lowest BCUT2D eigenvalue weighted by Crippen LogP contribution is -2.42. The van der Waals surface area contributed by atoms with Crippen LogP contribution < -0.4 is 5.32 Å². The second-order valence-corrected chi connectivity index (χ2v) is 6.05. The quantitative estimate of drug-likeness (QED) is 0.746. The number of carbonyl (C=O) groups excluding carboxylic acids is 1. The van der Waals surface area contributed by atoms with Gasteiger partial charge >= 0.3 is 5.97 Å². The first-order valence-electron chi connectivity index (χ1n) is 6.61. The normalized spacial score (nSPS) is 13.6. The average Bonchev–Trinajstić information content (AvgIpc) is 2.41. The zero-order valence-electron chi connectivity index (χ0n) is 12.6. The van der Waals surface area contributed by atoms with Crippen LogP contribution in [0.3, 0.4) is 0 Å². The Morgan fingerprint density at radius 1 is 1.24 bits per heavy atom. The van der Waals surface area contributed by atoms with E-state index in [1.165, 1.54) is 11.8 Å². The minimum absolute atomic E-state index is 0.0319. The standard InChI is InChI=1S/C15H21NO4S/c1-8-5-6-9(2)13(15(19)20)12(8)14(18)16-10(3)11(7-17)21-4/h5-6,10-11,17H,7H2,1-4H3,(H,16,18)(H,19,20). The van der Waals surface area contributed by atoms with Gasteiger partial charge in [-0.1, -0.05) is 12.1 Å². The SMILES string of the molecule is CSC(CO)C(C)NC(=O)c1c(C)ccc(C)c1C(=O)O. The number of carboxylic acids is 1. The van der Waals surface area contributed by atoms with Crippen molar-refractivity contribution in [2.24, 2.45) is 0 Å². The molecule has 0 saturated heterocycles. The summed E-state index contributed by atoms with van der Waals surface area (Å²) in [4.78, 5) is 23.8. The van der Waals surface area contributed by atoms with Crippen molar-refractivity contribution in [2.45, 2.75) is 32.1 Å². The summed E-state index contributed by atoms with van der Waals surface area (Å²) in [6, 6.07) is 3.16. The third-order valence-electron chi connectivity index (χ3n) is 3.46. The van der Waals surface area contributed by atoms with Gasteiger partial charge in [-0.05, 0) is 38.2 Å². The highest BCUT2D eigenvalue weighted by Gasteiger charge is 2.24. The van der Waals surface area contributed by atoms with E-state index in [0.29, 0.717) is 11.1 Å². The summed E-state index contributed by atoms with van der Waals surface area (Å²) < 4.78 is 0. The Labute approximate surface area is 128 Å². The number of thioether (sulfide) groups is 1. The van der Waals surface area contributed by atoms with Crippen LogP contribution in [0.15, 0.2) is 12.1 Å². The predicted octanol–water partition coefficient (Wildman–Crippen LogP) is 1.84. The number of carboxylic acid groups (broad SMARTS) is 1. The van der Waals surface area contributed by atoms with E-state index in [1.807, 2.05) is 6.26 Å². The Morgan fingerprint density at radius 2 is 1.76 bits per heavy atom. The molecule has 21 heavy (non-hydrogen) atoms. The number of rotatable bonds is 6. The van der Waals surface area contributed by atoms with Gasteiger partial charge in [0.2, 0.25) is 0 Å². The lowest BCUT2D eigenvalue weighted by Gasteiger charge is -2.22. The molecule has 1 amide bonds. The van der Waals surface area contributed by atoms with Crippen LogP contribution in [0.25, 0.3) is 0 Å². The van der Waals surface area contributed by atoms with E-state index in [9.17, 15) is 19.8 Å². The molecule has 0 heterocycles. The van der Waals surface area contributed by atoms with Gasteiger partial charge in [0.05, 0.1) is 17.7 Å². The Hall–Kier alpha value is -1.53. The monoisotopic (exact) mass is 311 g/mol. The van der Waals surface area contributed by atoms with Crippen molar-refractivity contribution in [1.29, 1.82) is 0 Å². The van der Waals surface area contributed by atoms with Crippen LogP contribution in [-0.4, -0.2) is 46.2 Å². The summed E-state index contributed by atoms with van der Waals surface area (Å²) in [6.45, 7) is 5.12. The molecule has 0 aliphatic rings. The van der Waals surface area contributed by atoms with Crippen LogP contribution in [0.5, 0.6) is 0 Å². The van der Waals surface area contributed by atoms with E-state index in [-0.39, 0.29) is 29.0 Å². The molecule has 1 aromatic carbocycles. The molecule has 116 valence electrons. The number of nitrogens with one attached hydrogen (secondary N) is 1. The van der Waals surface area contributed by atoms with Gasteiger partial charge in [0.25, 0.3) is 5.91 Å². The van der Waals surface area contributed by atoms with Crippen LogP contribution >= 0.6 is 11.8 Å². The van der Waals surface area contributed by atoms with Crippen molar-refractivity contribution >= 4 is 23.6 Å². The average molecular weight is 311 g/mol. The van der Waals surface area contributed by atoms with Crippen molar-refractivity contribution in [2.75, 3.05) is 12.9 Å². The fourth-order valence-electron chi connectivity index (χ4n) is 2.19. The second kappa shape index (κ2) is 7.47. The predicted molar refractivity (Wildman–Crippen MR) is 84.2 cm³/mol. The van der Waals surface area contributed by atoms with E-state index in [2.05, 4.69) is 5.32 Å². The smallest absolute Gasteiger partial charge is 0.336 e. The van der Waals surface area contributed by atoms with Gasteiger partial charge in [-0.3, -0.25) is 4.79 Å². The number of aryl methyl sites for hydroxylation is 2. The Morgan fingerprint density at radius 3 is 2.19 bits per heavy atom. The van der Waals surface area contributed by atoms with E-state index in [1.54, 1.807) is 32.9 Å². The first kappa shape index (κ1) is 17.5. The summed E-state index contributed by atoms with van der Waals surface area (Å²) >= 11 is 1.45. The molecule has 5 nitrogen and oxygen atoms in total. The van der Waals surface area contributed by atoms with Crippen molar-refractivity contribution in [3.8, 4) is 0 Å². The molecule has 0 fully saturated rings. The number of aliphatic hydroxyl groups excluding tert-OH is 1. The second-order valence-electron chi connectivity index (χ2n) is 4.97. The maximum Gasteiger partial charge on any atom is 0.336 e. The molecule has 0 aliphatic heterocycles. The molecule has 2 atom stereocenters. The molecule has 1 aromatic rings. The Bertz CT molecular complexity index is 541. The van der Waals surface area contributed by atoms with Gasteiger partial charge in [-0.2, -0.15) is 11.8 Å². The molecule has 0 bridgehead atoms. The zero-order valence-corrected chi connectivity index (χ0v) is 13.5. The van der Waals surface area contributed by atoms with Crippen LogP contribution in [0.1, 0.15) is 38.8 Å². The highest BCUT2D eigenvalue weighted by Crippen LogP contribution is 2.20. The van der Waals surface area contributed by atoms with Crippen LogP contribution in [0, 0.1) is 13.8 Å². The van der Waals surface area contributed by atoms with Crippen molar-refractivity contribution < 1.29 is 19.8 Å². The largest absolute Gasteiger partial charge is 0.478 e. The number of hydrogen-bond acceptors (Lipinski definition) is 4. The lowest BCUT2D eigenvalue weighted by molar-refractivity contribution is 0.0689. The first-order valence-corrected chi connectivity index (χ1v) is 7.90. The maximum atomic E-state index is 12.4. The van der Waals surface area contributed by atoms with Gasteiger partial charge in [0.1, 0.15) is 0 Å². The molecule has 0 aromatic heterocycles. The topological polar surface area (TPSA) is 86.6 Å². The van der Waals surface area contributed by atoms with Crippen molar-refractivity contribution in [3.63, 3.8) is 0 Å². The van der Waals surface area contributed by atoms with Crippen molar-refractivity contribution in [3.05, 3.63) is 34.4 Å². The zero-order chi connectivity index (χ0) is 16.2. The third-order valence-corrected chi connectivity index (χ3v) is 4.62. The highest BCUT2D eigenvalue weighted by atomic mass is 32.2. The van der Waals surface area contributed by atoms with E-state index in [0.717, 1.165) is 0 Å². The fourth-order valence-corrected chi connectivity index (χ4v) is 2.81. The third kappa shape index (κ3) is 3.98. The molecule has 0 spiro atoms. The number of hydrogen-bond donors (Lipinski definition) is 3. The Balaban J connectivity index is 3.13. The van der Waals surface area contributed by atoms with Crippen LogP contribution in [-0.2, 0) is 0 Å². The van der Waals surface area contributed by atoms with Crippen molar-refractivity contribution in [1.82, 2.24) is 5.32 Å². The number of carbonyl (C=O) groups is 2. The van der Waals surface area contributed by atoms with Gasteiger partial charge in [0.15, 0.2) is 0 Å².